The van der Waals surface area contributed by atoms with E-state index in [1.807, 2.05) is 52.8 Å². The number of hydrogen-bond donors (Lipinski definition) is 0. The van der Waals surface area contributed by atoms with Crippen LogP contribution in [-0.4, -0.2) is 57.2 Å². The molecule has 0 spiro atoms. The van der Waals surface area contributed by atoms with Gasteiger partial charge >= 0.3 is 13.1 Å². The highest BCUT2D eigenvalue weighted by molar-refractivity contribution is 6.62. The molecule has 0 aliphatic carbocycles. The maximum Gasteiger partial charge on any atom is 0.494 e. The molecule has 26 heavy (non-hydrogen) atoms. The summed E-state index contributed by atoms with van der Waals surface area (Å²) in [5.74, 6) is -0.327. The van der Waals surface area contributed by atoms with Crippen LogP contribution < -0.4 is 10.4 Å². The van der Waals surface area contributed by atoms with Gasteiger partial charge in [0.2, 0.25) is 0 Å². The Morgan fingerprint density at radius 2 is 1.77 bits per heavy atom. The Morgan fingerprint density at radius 3 is 2.35 bits per heavy atom. The highest BCUT2D eigenvalue weighted by Gasteiger charge is 2.51. The summed E-state index contributed by atoms with van der Waals surface area (Å²) in [6.45, 7) is 13.0. The first kappa shape index (κ1) is 19.2. The van der Waals surface area contributed by atoms with E-state index in [1.165, 1.54) is 0 Å². The predicted molar refractivity (Wildman–Crippen MR) is 101 cm³/mol. The molecule has 7 heteroatoms. The van der Waals surface area contributed by atoms with Gasteiger partial charge in [-0.05, 0) is 52.2 Å². The van der Waals surface area contributed by atoms with E-state index in [0.29, 0.717) is 25.4 Å². The van der Waals surface area contributed by atoms with Crippen LogP contribution in [0.4, 0.5) is 5.69 Å². The van der Waals surface area contributed by atoms with Crippen molar-refractivity contribution in [3.05, 3.63) is 23.8 Å². The summed E-state index contributed by atoms with van der Waals surface area (Å²) in [5.41, 5.74) is 1.38. The second-order valence-electron chi connectivity index (χ2n) is 7.68. The zero-order chi connectivity index (χ0) is 18.9. The summed E-state index contributed by atoms with van der Waals surface area (Å²) in [6.07, 6.45) is 0. The molecule has 2 aliphatic heterocycles. The standard InChI is InChI=1S/C19H28BNO5/c1-6-24-17(22)15-13-14(20-25-18(2,3)19(4,5)26-20)7-8-16(15)21-9-11-23-12-10-21/h7-8,13H,6,9-12H2,1-5H3. The molecule has 0 bridgehead atoms. The number of ether oxygens (including phenoxy) is 2. The van der Waals surface area contributed by atoms with Gasteiger partial charge in [-0.3, -0.25) is 0 Å². The van der Waals surface area contributed by atoms with Gasteiger partial charge in [0.15, 0.2) is 0 Å². The number of carbonyl (C=O) groups excluding carboxylic acids is 1. The molecule has 2 saturated heterocycles. The van der Waals surface area contributed by atoms with E-state index in [4.69, 9.17) is 18.8 Å². The van der Waals surface area contributed by atoms with Crippen molar-refractivity contribution in [3.8, 4) is 0 Å². The van der Waals surface area contributed by atoms with Crippen LogP contribution >= 0.6 is 0 Å². The van der Waals surface area contributed by atoms with Crippen LogP contribution in [0.1, 0.15) is 45.0 Å². The average Bonchev–Trinajstić information content (AvgIpc) is 2.83. The van der Waals surface area contributed by atoms with Gasteiger partial charge in [-0.25, -0.2) is 4.79 Å². The third kappa shape index (κ3) is 3.61. The first-order valence-electron chi connectivity index (χ1n) is 9.24. The molecular weight excluding hydrogens is 333 g/mol. The van der Waals surface area contributed by atoms with Gasteiger partial charge in [-0.15, -0.1) is 0 Å². The molecule has 1 aromatic carbocycles. The van der Waals surface area contributed by atoms with Gasteiger partial charge < -0.3 is 23.7 Å². The smallest absolute Gasteiger partial charge is 0.462 e. The summed E-state index contributed by atoms with van der Waals surface area (Å²) >= 11 is 0. The van der Waals surface area contributed by atoms with E-state index >= 15 is 0 Å². The molecule has 2 fully saturated rings. The van der Waals surface area contributed by atoms with E-state index < -0.39 is 18.3 Å². The Morgan fingerprint density at radius 1 is 1.15 bits per heavy atom. The molecule has 0 unspecified atom stereocenters. The minimum absolute atomic E-state index is 0.327. The molecule has 0 saturated carbocycles. The van der Waals surface area contributed by atoms with Crippen molar-refractivity contribution in [2.45, 2.75) is 45.8 Å². The number of benzene rings is 1. The maximum atomic E-state index is 12.6. The van der Waals surface area contributed by atoms with Crippen LogP contribution in [0.2, 0.25) is 0 Å². The van der Waals surface area contributed by atoms with Gasteiger partial charge in [-0.1, -0.05) is 6.07 Å². The molecule has 0 atom stereocenters. The minimum Gasteiger partial charge on any atom is -0.462 e. The molecule has 6 nitrogen and oxygen atoms in total. The molecule has 2 heterocycles. The van der Waals surface area contributed by atoms with Crippen LogP contribution in [0.3, 0.4) is 0 Å². The van der Waals surface area contributed by atoms with Crippen LogP contribution in [0.25, 0.3) is 0 Å². The van der Waals surface area contributed by atoms with Gasteiger partial charge in [0.25, 0.3) is 0 Å². The lowest BCUT2D eigenvalue weighted by atomic mass is 9.78. The average molecular weight is 361 g/mol. The highest BCUT2D eigenvalue weighted by Crippen LogP contribution is 2.36. The molecule has 142 valence electrons. The monoisotopic (exact) mass is 361 g/mol. The predicted octanol–water partition coefficient (Wildman–Crippen LogP) is 2.00. The Bertz CT molecular complexity index is 654. The van der Waals surface area contributed by atoms with Crippen molar-refractivity contribution in [1.82, 2.24) is 0 Å². The van der Waals surface area contributed by atoms with Crippen molar-refractivity contribution >= 4 is 24.2 Å². The molecule has 3 rings (SSSR count). The third-order valence-electron chi connectivity index (χ3n) is 5.39. The van der Waals surface area contributed by atoms with Crippen LogP contribution in [0.15, 0.2) is 18.2 Å². The summed E-state index contributed by atoms with van der Waals surface area (Å²) in [5, 5.41) is 0. The van der Waals surface area contributed by atoms with Gasteiger partial charge in [0, 0.05) is 13.1 Å². The fraction of sp³-hybridized carbons (Fsp3) is 0.632. The normalized spacial score (nSPS) is 21.7. The summed E-state index contributed by atoms with van der Waals surface area (Å²) in [4.78, 5) is 14.7. The van der Waals surface area contributed by atoms with Gasteiger partial charge in [0.05, 0.1) is 42.3 Å². The molecule has 0 radical (unpaired) electrons. The minimum atomic E-state index is -0.507. The second-order valence-corrected chi connectivity index (χ2v) is 7.68. The van der Waals surface area contributed by atoms with E-state index in [2.05, 4.69) is 4.90 Å². The molecule has 0 aromatic heterocycles. The van der Waals surface area contributed by atoms with Crippen molar-refractivity contribution < 1.29 is 23.6 Å². The topological polar surface area (TPSA) is 57.2 Å². The van der Waals surface area contributed by atoms with Gasteiger partial charge in [-0.2, -0.15) is 0 Å². The lowest BCUT2D eigenvalue weighted by Crippen LogP contribution is -2.41. The van der Waals surface area contributed by atoms with Crippen LogP contribution in [-0.2, 0) is 18.8 Å². The zero-order valence-electron chi connectivity index (χ0n) is 16.3. The lowest BCUT2D eigenvalue weighted by molar-refractivity contribution is 0.00578. The molecule has 0 N–H and O–H groups in total. The lowest BCUT2D eigenvalue weighted by Gasteiger charge is -2.32. The zero-order valence-corrected chi connectivity index (χ0v) is 16.3. The second kappa shape index (κ2) is 7.21. The number of morpholine rings is 1. The van der Waals surface area contributed by atoms with E-state index in [-0.39, 0.29) is 5.97 Å². The number of carbonyl (C=O) groups is 1. The first-order valence-corrected chi connectivity index (χ1v) is 9.24. The van der Waals surface area contributed by atoms with Crippen molar-refractivity contribution in [2.75, 3.05) is 37.8 Å². The Hall–Kier alpha value is -1.57. The SMILES string of the molecule is CCOC(=O)c1cc(B2OC(C)(C)C(C)(C)O2)ccc1N1CCOCC1. The molecular formula is C19H28BNO5. The fourth-order valence-electron chi connectivity index (χ4n) is 3.13. The van der Waals surface area contributed by atoms with E-state index in [0.717, 1.165) is 24.2 Å². The number of rotatable bonds is 4. The van der Waals surface area contributed by atoms with E-state index in [1.54, 1.807) is 0 Å². The Kier molecular flexibility index (Phi) is 5.33. The summed E-state index contributed by atoms with van der Waals surface area (Å²) < 4.78 is 22.9. The summed E-state index contributed by atoms with van der Waals surface area (Å²) in [7, 11) is -0.507. The quantitative estimate of drug-likeness (QED) is 0.604. The van der Waals surface area contributed by atoms with Crippen molar-refractivity contribution in [1.29, 1.82) is 0 Å². The van der Waals surface area contributed by atoms with Crippen molar-refractivity contribution in [2.24, 2.45) is 0 Å². The number of hydrogen-bond acceptors (Lipinski definition) is 6. The number of anilines is 1. The maximum absolute atomic E-state index is 12.6. The van der Waals surface area contributed by atoms with Gasteiger partial charge in [0.1, 0.15) is 0 Å². The van der Waals surface area contributed by atoms with E-state index in [9.17, 15) is 4.79 Å². The third-order valence-corrected chi connectivity index (χ3v) is 5.39. The number of nitrogens with zero attached hydrogens (tertiary/aromatic N) is 1. The number of esters is 1. The Labute approximate surface area is 155 Å². The van der Waals surface area contributed by atoms with Crippen LogP contribution in [0, 0.1) is 0 Å². The first-order chi connectivity index (χ1) is 12.2. The molecule has 2 aliphatic rings. The molecule has 0 amide bonds. The fourth-order valence-corrected chi connectivity index (χ4v) is 3.13. The Balaban J connectivity index is 1.93. The summed E-state index contributed by atoms with van der Waals surface area (Å²) in [6, 6.07) is 5.76. The largest absolute Gasteiger partial charge is 0.494 e. The van der Waals surface area contributed by atoms with Crippen molar-refractivity contribution in [3.63, 3.8) is 0 Å². The molecule has 1 aromatic rings. The highest BCUT2D eigenvalue weighted by atomic mass is 16.7. The van der Waals surface area contributed by atoms with Crippen LogP contribution in [0.5, 0.6) is 0 Å².